The Bertz CT molecular complexity index is 110. The van der Waals surface area contributed by atoms with E-state index < -0.39 is 18.1 Å². The standard InChI is InChI=1S/C5H9F2NO/c1-4(8)2-9-3-5(4,6)7/h2-3,8H2,1H3. The lowest BCUT2D eigenvalue weighted by molar-refractivity contribution is -0.0428. The molecule has 1 aliphatic rings. The zero-order valence-corrected chi connectivity index (χ0v) is 5.16. The summed E-state index contributed by atoms with van der Waals surface area (Å²) in [5.41, 5.74) is 3.72. The van der Waals surface area contributed by atoms with Crippen LogP contribution in [0.4, 0.5) is 8.78 Å². The second-order valence-corrected chi connectivity index (χ2v) is 2.61. The van der Waals surface area contributed by atoms with Gasteiger partial charge in [0.15, 0.2) is 0 Å². The minimum atomic E-state index is -2.85. The molecule has 9 heavy (non-hydrogen) atoms. The number of ether oxygens (including phenoxy) is 1. The quantitative estimate of drug-likeness (QED) is 0.523. The van der Waals surface area contributed by atoms with Gasteiger partial charge in [-0.15, -0.1) is 0 Å². The van der Waals surface area contributed by atoms with Crippen molar-refractivity contribution >= 4 is 0 Å². The van der Waals surface area contributed by atoms with Gasteiger partial charge in [-0.05, 0) is 6.92 Å². The van der Waals surface area contributed by atoms with Crippen molar-refractivity contribution in [2.45, 2.75) is 18.4 Å². The fourth-order valence-corrected chi connectivity index (χ4v) is 0.662. The number of rotatable bonds is 0. The van der Waals surface area contributed by atoms with Crippen LogP contribution in [-0.2, 0) is 4.74 Å². The number of alkyl halides is 2. The lowest BCUT2D eigenvalue weighted by atomic mass is 10.00. The minimum Gasteiger partial charge on any atom is -0.373 e. The predicted octanol–water partition coefficient (Wildman–Crippen LogP) is 0.369. The summed E-state index contributed by atoms with van der Waals surface area (Å²) < 4.78 is 29.4. The van der Waals surface area contributed by atoms with Gasteiger partial charge in [0.1, 0.15) is 12.1 Å². The van der Waals surface area contributed by atoms with E-state index in [1.165, 1.54) is 6.92 Å². The molecule has 1 atom stereocenters. The molecule has 0 amide bonds. The number of nitrogens with two attached hydrogens (primary N) is 1. The van der Waals surface area contributed by atoms with Gasteiger partial charge in [0, 0.05) is 0 Å². The van der Waals surface area contributed by atoms with E-state index in [0.717, 1.165) is 0 Å². The highest BCUT2D eigenvalue weighted by atomic mass is 19.3. The number of hydrogen-bond acceptors (Lipinski definition) is 2. The van der Waals surface area contributed by atoms with E-state index in [2.05, 4.69) is 4.74 Å². The van der Waals surface area contributed by atoms with Gasteiger partial charge in [-0.3, -0.25) is 0 Å². The Morgan fingerprint density at radius 3 is 2.11 bits per heavy atom. The fourth-order valence-electron chi connectivity index (χ4n) is 0.662. The molecule has 2 N–H and O–H groups in total. The molecular formula is C5H9F2NO. The second kappa shape index (κ2) is 1.64. The molecule has 2 nitrogen and oxygen atoms in total. The molecule has 1 saturated heterocycles. The van der Waals surface area contributed by atoms with Gasteiger partial charge >= 0.3 is 0 Å². The molecule has 0 spiro atoms. The summed E-state index contributed by atoms with van der Waals surface area (Å²) in [6.45, 7) is 0.694. The molecule has 1 rings (SSSR count). The lowest BCUT2D eigenvalue weighted by Gasteiger charge is -2.22. The first-order valence-electron chi connectivity index (χ1n) is 2.70. The second-order valence-electron chi connectivity index (χ2n) is 2.61. The largest absolute Gasteiger partial charge is 0.373 e. The Morgan fingerprint density at radius 1 is 1.44 bits per heavy atom. The summed E-state index contributed by atoms with van der Waals surface area (Å²) in [5.74, 6) is -2.85. The van der Waals surface area contributed by atoms with Crippen LogP contribution in [0.5, 0.6) is 0 Å². The van der Waals surface area contributed by atoms with Crippen molar-refractivity contribution in [3.8, 4) is 0 Å². The van der Waals surface area contributed by atoms with Crippen molar-refractivity contribution in [1.82, 2.24) is 0 Å². The van der Waals surface area contributed by atoms with Gasteiger partial charge in [-0.2, -0.15) is 0 Å². The van der Waals surface area contributed by atoms with Gasteiger partial charge in [-0.1, -0.05) is 0 Å². The molecule has 0 radical (unpaired) electrons. The Kier molecular flexibility index (Phi) is 1.25. The van der Waals surface area contributed by atoms with Crippen molar-refractivity contribution in [1.29, 1.82) is 0 Å². The van der Waals surface area contributed by atoms with E-state index in [0.29, 0.717) is 0 Å². The van der Waals surface area contributed by atoms with Crippen molar-refractivity contribution < 1.29 is 13.5 Å². The maximum Gasteiger partial charge on any atom is 0.290 e. The Balaban J connectivity index is 2.75. The summed E-state index contributed by atoms with van der Waals surface area (Å²) in [7, 11) is 0. The molecule has 1 heterocycles. The maximum atomic E-state index is 12.5. The molecule has 0 aliphatic carbocycles. The fraction of sp³-hybridized carbons (Fsp3) is 1.00. The van der Waals surface area contributed by atoms with E-state index in [1.54, 1.807) is 0 Å². The first-order valence-corrected chi connectivity index (χ1v) is 2.70. The highest BCUT2D eigenvalue weighted by Gasteiger charge is 2.52. The van der Waals surface area contributed by atoms with Crippen molar-refractivity contribution in [3.05, 3.63) is 0 Å². The van der Waals surface area contributed by atoms with Gasteiger partial charge in [-0.25, -0.2) is 8.78 Å². The third-order valence-electron chi connectivity index (χ3n) is 1.52. The van der Waals surface area contributed by atoms with Crippen LogP contribution in [0.3, 0.4) is 0 Å². The third kappa shape index (κ3) is 0.923. The van der Waals surface area contributed by atoms with Gasteiger partial charge < -0.3 is 10.5 Å². The molecule has 0 bridgehead atoms. The van der Waals surface area contributed by atoms with E-state index in [1.807, 2.05) is 0 Å². The molecule has 0 aromatic carbocycles. The van der Waals surface area contributed by atoms with Gasteiger partial charge in [0.25, 0.3) is 5.92 Å². The molecule has 0 saturated carbocycles. The maximum absolute atomic E-state index is 12.5. The molecule has 4 heteroatoms. The molecular weight excluding hydrogens is 128 g/mol. The lowest BCUT2D eigenvalue weighted by Crippen LogP contribution is -2.52. The summed E-state index contributed by atoms with van der Waals surface area (Å²) >= 11 is 0. The molecule has 1 aliphatic heterocycles. The Hall–Kier alpha value is -0.220. The van der Waals surface area contributed by atoms with Crippen molar-refractivity contribution in [2.75, 3.05) is 13.2 Å². The summed E-state index contributed by atoms with van der Waals surface area (Å²) in [5, 5.41) is 0. The predicted molar refractivity (Wildman–Crippen MR) is 28.4 cm³/mol. The summed E-state index contributed by atoms with van der Waals surface area (Å²) in [4.78, 5) is 0. The average molecular weight is 137 g/mol. The van der Waals surface area contributed by atoms with Crippen molar-refractivity contribution in [3.63, 3.8) is 0 Å². The summed E-state index contributed by atoms with van der Waals surface area (Å²) in [6, 6.07) is 0. The molecule has 1 unspecified atom stereocenters. The Morgan fingerprint density at radius 2 is 2.00 bits per heavy atom. The van der Waals surface area contributed by atoms with Crippen LogP contribution < -0.4 is 5.73 Å². The van der Waals surface area contributed by atoms with Crippen LogP contribution in [0.15, 0.2) is 0 Å². The van der Waals surface area contributed by atoms with E-state index in [4.69, 9.17) is 5.73 Å². The zero-order valence-electron chi connectivity index (χ0n) is 5.16. The molecule has 0 aromatic rings. The van der Waals surface area contributed by atoms with E-state index >= 15 is 0 Å². The van der Waals surface area contributed by atoms with Crippen LogP contribution in [0.1, 0.15) is 6.92 Å². The van der Waals surface area contributed by atoms with Crippen LogP contribution >= 0.6 is 0 Å². The van der Waals surface area contributed by atoms with Gasteiger partial charge in [0.2, 0.25) is 0 Å². The highest BCUT2D eigenvalue weighted by Crippen LogP contribution is 2.32. The SMILES string of the molecule is CC1(N)COCC1(F)F. The van der Waals surface area contributed by atoms with Gasteiger partial charge in [0.05, 0.1) is 6.61 Å². The van der Waals surface area contributed by atoms with Crippen molar-refractivity contribution in [2.24, 2.45) is 5.73 Å². The van der Waals surface area contributed by atoms with Crippen LogP contribution in [-0.4, -0.2) is 24.7 Å². The van der Waals surface area contributed by atoms with E-state index in [9.17, 15) is 8.78 Å². The number of hydrogen-bond donors (Lipinski definition) is 1. The van der Waals surface area contributed by atoms with Crippen LogP contribution in [0.25, 0.3) is 0 Å². The molecule has 0 aromatic heterocycles. The summed E-state index contributed by atoms with van der Waals surface area (Å²) in [6.07, 6.45) is 0. The first-order chi connectivity index (χ1) is 3.96. The molecule has 54 valence electrons. The smallest absolute Gasteiger partial charge is 0.290 e. The van der Waals surface area contributed by atoms with Crippen LogP contribution in [0, 0.1) is 0 Å². The first kappa shape index (κ1) is 6.89. The molecule has 1 fully saturated rings. The zero-order chi connectivity index (χ0) is 7.12. The Labute approximate surface area is 52.0 Å². The highest BCUT2D eigenvalue weighted by molar-refractivity contribution is 4.98. The minimum absolute atomic E-state index is 0.0556. The number of halogens is 2. The normalized spacial score (nSPS) is 41.3. The average Bonchev–Trinajstić information content (AvgIpc) is 1.81. The van der Waals surface area contributed by atoms with E-state index in [-0.39, 0.29) is 6.61 Å². The van der Waals surface area contributed by atoms with Crippen LogP contribution in [0.2, 0.25) is 0 Å². The third-order valence-corrected chi connectivity index (χ3v) is 1.52. The monoisotopic (exact) mass is 137 g/mol. The topological polar surface area (TPSA) is 35.2 Å².